The number of aliphatic imine (C=N–C) groups is 4. The molecule has 12 nitrogen and oxygen atoms in total. The summed E-state index contributed by atoms with van der Waals surface area (Å²) in [6, 6.07) is 65.8. The average molecular weight is 1260 g/mol. The summed E-state index contributed by atoms with van der Waals surface area (Å²) in [7, 11) is 0. The smallest absolute Gasteiger partial charge is 0.876 e. The van der Waals surface area contributed by atoms with Crippen LogP contribution in [0.5, 0.6) is 0 Å². The van der Waals surface area contributed by atoms with E-state index in [9.17, 15) is 39.6 Å². The van der Waals surface area contributed by atoms with E-state index in [2.05, 4.69) is 72.8 Å². The Morgan fingerprint density at radius 2 is 0.463 bits per heavy atom. The van der Waals surface area contributed by atoms with Crippen LogP contribution in [0.3, 0.4) is 0 Å². The minimum atomic E-state index is -0.187. The maximum absolute atomic E-state index is 9.98. The molecule has 0 saturated carbocycles. The minimum Gasteiger partial charge on any atom is -0.876 e. The summed E-state index contributed by atoms with van der Waals surface area (Å²) in [6.45, 7) is 10.8. The molecule has 0 amide bonds. The molecule has 0 aromatic heterocycles. The van der Waals surface area contributed by atoms with Crippen molar-refractivity contribution < 1.29 is 78.6 Å². The summed E-state index contributed by atoms with van der Waals surface area (Å²) in [4.78, 5) is 59.8. The van der Waals surface area contributed by atoms with Crippen LogP contribution in [-0.2, 0) is 58.1 Å². The fourth-order valence-electron chi connectivity index (χ4n) is 8.11. The molecule has 416 valence electrons. The minimum absolute atomic E-state index is 0. The SMILES string of the molecule is CC(=O)/C=C(/C)[O-].CC(=O)/C=C(/C)[O-].CC(=O)/C=C(/C)[O-].CC(=O)/C=C(/C)[O-].[Ru+2].[Ru+2].c1ccc(N=C2C(=Nc3ccccc3)c3cccc4cccc2c34)cc1.c1ccc(N=C2C(=Nc3ccccc3)c3cccc4cccc2c34)cc1. The molecule has 2 aliphatic rings. The number of carbonyl (C=O) groups excluding carboxylic acids is 4. The maximum Gasteiger partial charge on any atom is 2.00 e. The van der Waals surface area contributed by atoms with E-state index >= 15 is 0 Å². The monoisotopic (exact) mass is 1260 g/mol. The van der Waals surface area contributed by atoms with E-state index in [1.165, 1.54) is 76.9 Å². The summed E-state index contributed by atoms with van der Waals surface area (Å²) < 4.78 is 0. The second kappa shape index (κ2) is 34.2. The normalized spacial score (nSPS) is 14.0. The van der Waals surface area contributed by atoms with Crippen LogP contribution in [0, 0.1) is 0 Å². The van der Waals surface area contributed by atoms with Crippen molar-refractivity contribution >= 4 is 90.3 Å². The van der Waals surface area contributed by atoms with Gasteiger partial charge in [0.2, 0.25) is 0 Å². The Balaban J connectivity index is 0.000000292. The van der Waals surface area contributed by atoms with Crippen molar-refractivity contribution in [2.45, 2.75) is 55.4 Å². The van der Waals surface area contributed by atoms with Gasteiger partial charge in [0.25, 0.3) is 0 Å². The molecular weight excluding hydrogens is 1200 g/mol. The number of para-hydroxylation sites is 4. The Hall–Kier alpha value is -8.95. The van der Waals surface area contributed by atoms with E-state index in [4.69, 9.17) is 20.0 Å². The van der Waals surface area contributed by atoms with Gasteiger partial charge < -0.3 is 20.4 Å². The second-order valence-electron chi connectivity index (χ2n) is 18.1. The van der Waals surface area contributed by atoms with Gasteiger partial charge >= 0.3 is 39.0 Å². The predicted octanol–water partition coefficient (Wildman–Crippen LogP) is 11.5. The van der Waals surface area contributed by atoms with Crippen LogP contribution < -0.4 is 20.4 Å². The van der Waals surface area contributed by atoms with Gasteiger partial charge in [-0.05, 0) is 111 Å². The van der Waals surface area contributed by atoms with Gasteiger partial charge in [-0.25, -0.2) is 20.0 Å². The third-order valence-electron chi connectivity index (χ3n) is 10.9. The molecule has 0 radical (unpaired) electrons. The zero-order chi connectivity index (χ0) is 58.1. The summed E-state index contributed by atoms with van der Waals surface area (Å²) in [5, 5.41) is 44.8. The van der Waals surface area contributed by atoms with Crippen molar-refractivity contribution in [2.75, 3.05) is 0 Å². The molecule has 10 rings (SSSR count). The molecule has 0 spiro atoms. The predicted molar refractivity (Wildman–Crippen MR) is 316 cm³/mol. The van der Waals surface area contributed by atoms with Gasteiger partial charge in [0.15, 0.2) is 23.1 Å². The van der Waals surface area contributed by atoms with E-state index in [1.807, 2.05) is 121 Å². The Labute approximate surface area is 504 Å². The first-order chi connectivity index (χ1) is 38.3. The van der Waals surface area contributed by atoms with Crippen molar-refractivity contribution in [2.24, 2.45) is 20.0 Å². The quantitative estimate of drug-likeness (QED) is 0.0809. The largest absolute Gasteiger partial charge is 2.00 e. The van der Waals surface area contributed by atoms with E-state index in [-0.39, 0.29) is 85.1 Å². The van der Waals surface area contributed by atoms with Crippen molar-refractivity contribution in [3.8, 4) is 0 Å². The second-order valence-corrected chi connectivity index (χ2v) is 18.1. The Bertz CT molecular complexity index is 3240. The number of rotatable bonds is 8. The van der Waals surface area contributed by atoms with Gasteiger partial charge in [0.05, 0.1) is 45.6 Å². The molecule has 0 N–H and O–H groups in total. The van der Waals surface area contributed by atoms with Crippen LogP contribution in [-0.4, -0.2) is 46.0 Å². The summed E-state index contributed by atoms with van der Waals surface area (Å²) >= 11 is 0. The maximum atomic E-state index is 9.98. The molecule has 82 heavy (non-hydrogen) atoms. The van der Waals surface area contributed by atoms with Gasteiger partial charge in [-0.15, -0.1) is 23.0 Å². The Morgan fingerprint density at radius 1 is 0.280 bits per heavy atom. The van der Waals surface area contributed by atoms with Gasteiger partial charge in [0, 0.05) is 33.0 Å². The molecule has 2 aliphatic carbocycles. The van der Waals surface area contributed by atoms with Crippen LogP contribution in [0.25, 0.3) is 21.5 Å². The van der Waals surface area contributed by atoms with E-state index in [0.717, 1.165) is 92.2 Å². The third-order valence-corrected chi connectivity index (χ3v) is 10.9. The molecule has 0 bridgehead atoms. The van der Waals surface area contributed by atoms with Crippen molar-refractivity contribution in [3.63, 3.8) is 0 Å². The number of benzene rings is 8. The zero-order valence-electron chi connectivity index (χ0n) is 46.5. The standard InChI is InChI=1S/2C24H16N2.4C5H8O2.2Ru/c2*1-3-11-18(12-4-1)25-23-20-15-7-9-17-10-8-16-21(22(17)20)24(23)26-19-13-5-2-6-14-19;4*1-4(6)3-5(2)7;;/h2*1-16H;4*3,6H,1-2H3;;/q;;;;;;2*+2/p-4/b;;4*4-3-;;. The van der Waals surface area contributed by atoms with E-state index in [1.54, 1.807) is 0 Å². The van der Waals surface area contributed by atoms with Gasteiger partial charge in [0.1, 0.15) is 0 Å². The molecule has 14 heteroatoms. The average Bonchev–Trinajstić information content (AvgIpc) is 4.03. The van der Waals surface area contributed by atoms with E-state index < -0.39 is 0 Å². The van der Waals surface area contributed by atoms with Crippen LogP contribution >= 0.6 is 0 Å². The topological polar surface area (TPSA) is 210 Å². The number of ketones is 4. The number of allylic oxidation sites excluding steroid dienone is 8. The van der Waals surface area contributed by atoms with Crippen molar-refractivity contribution in [3.05, 3.63) is 264 Å². The summed E-state index contributed by atoms with van der Waals surface area (Å²) in [6.07, 6.45) is 4.22. The molecule has 0 unspecified atom stereocenters. The van der Waals surface area contributed by atoms with Gasteiger partial charge in [-0.3, -0.25) is 19.2 Å². The molecule has 8 aromatic rings. The molecule has 0 saturated heterocycles. The van der Waals surface area contributed by atoms with Gasteiger partial charge in [-0.2, -0.15) is 0 Å². The first-order valence-electron chi connectivity index (χ1n) is 25.4. The molecule has 8 aromatic carbocycles. The number of hydrogen-bond acceptors (Lipinski definition) is 12. The van der Waals surface area contributed by atoms with Crippen LogP contribution in [0.2, 0.25) is 0 Å². The first-order valence-corrected chi connectivity index (χ1v) is 25.4. The molecule has 0 heterocycles. The van der Waals surface area contributed by atoms with Crippen LogP contribution in [0.1, 0.15) is 77.6 Å². The fraction of sp³-hybridized carbons (Fsp3) is 0.118. The van der Waals surface area contributed by atoms with E-state index in [0.29, 0.717) is 0 Å². The van der Waals surface area contributed by atoms with Crippen LogP contribution in [0.4, 0.5) is 22.7 Å². The molecule has 0 fully saturated rings. The molecule has 0 atom stereocenters. The first kappa shape index (κ1) is 67.3. The summed E-state index contributed by atoms with van der Waals surface area (Å²) in [5.41, 5.74) is 12.1. The Morgan fingerprint density at radius 3 is 0.610 bits per heavy atom. The number of carbonyl (C=O) groups is 4. The van der Waals surface area contributed by atoms with Crippen molar-refractivity contribution in [1.29, 1.82) is 0 Å². The number of nitrogens with zero attached hydrogens (tertiary/aromatic N) is 4. The third kappa shape index (κ3) is 21.6. The van der Waals surface area contributed by atoms with Crippen molar-refractivity contribution in [1.82, 2.24) is 0 Å². The van der Waals surface area contributed by atoms with Crippen LogP contribution in [0.15, 0.2) is 261 Å². The van der Waals surface area contributed by atoms with Gasteiger partial charge in [-0.1, -0.05) is 173 Å². The zero-order valence-corrected chi connectivity index (χ0v) is 50.0. The Kier molecular flexibility index (Phi) is 28.1. The molecular formula is C68H60N4O8Ru2. The fourth-order valence-corrected chi connectivity index (χ4v) is 8.11. The summed E-state index contributed by atoms with van der Waals surface area (Å²) in [5.74, 6) is -1.50. The number of hydrogen-bond donors (Lipinski definition) is 0. The molecule has 0 aliphatic heterocycles.